The van der Waals surface area contributed by atoms with Gasteiger partial charge in [0, 0.05) is 29.1 Å². The van der Waals surface area contributed by atoms with Crippen molar-refractivity contribution in [3.63, 3.8) is 0 Å². The number of hydrogen-bond donors (Lipinski definition) is 2. The minimum Gasteiger partial charge on any atom is -0.309 e. The molecule has 0 atom stereocenters. The highest BCUT2D eigenvalue weighted by Gasteiger charge is 2.12. The lowest BCUT2D eigenvalue weighted by atomic mass is 10.1. The maximum Gasteiger partial charge on any atom is 0.230 e. The number of amides is 1. The number of H-pyrrole nitrogens is 1. The molecule has 2 aromatic heterocycles. The summed E-state index contributed by atoms with van der Waals surface area (Å²) in [6.45, 7) is 4.05. The fraction of sp³-hybridized carbons (Fsp3) is 0.235. The first-order valence-electron chi connectivity index (χ1n) is 7.60. The summed E-state index contributed by atoms with van der Waals surface area (Å²) in [6, 6.07) is 8.23. The van der Waals surface area contributed by atoms with Crippen LogP contribution >= 0.6 is 0 Å². The second-order valence-electron chi connectivity index (χ2n) is 5.63. The Hall–Kier alpha value is -2.96. The topological polar surface area (TPSA) is 75.6 Å². The number of carbonyl (C=O) groups is 1. The molecule has 7 heteroatoms. The maximum atomic E-state index is 13.7. The van der Waals surface area contributed by atoms with Gasteiger partial charge in [0.25, 0.3) is 0 Å². The molecule has 1 aromatic carbocycles. The van der Waals surface area contributed by atoms with Crippen LogP contribution in [0.4, 0.5) is 10.2 Å². The average Bonchev–Trinajstić information content (AvgIpc) is 3.11. The predicted molar refractivity (Wildman–Crippen MR) is 88.1 cm³/mol. The van der Waals surface area contributed by atoms with E-state index in [4.69, 9.17) is 0 Å². The highest BCUT2D eigenvalue weighted by Crippen LogP contribution is 2.13. The van der Waals surface area contributed by atoms with Crippen LogP contribution in [-0.2, 0) is 17.8 Å². The molecule has 3 aromatic rings. The lowest BCUT2D eigenvalue weighted by molar-refractivity contribution is -0.115. The van der Waals surface area contributed by atoms with Crippen molar-refractivity contribution in [2.75, 3.05) is 5.32 Å². The van der Waals surface area contributed by atoms with Gasteiger partial charge in [-0.05, 0) is 19.9 Å². The van der Waals surface area contributed by atoms with Crippen molar-refractivity contribution in [1.82, 2.24) is 20.0 Å². The van der Waals surface area contributed by atoms with Crippen molar-refractivity contribution >= 4 is 11.7 Å². The van der Waals surface area contributed by atoms with Gasteiger partial charge in [0.2, 0.25) is 5.91 Å². The fourth-order valence-corrected chi connectivity index (χ4v) is 2.50. The number of aromatic amines is 1. The first-order chi connectivity index (χ1) is 11.5. The van der Waals surface area contributed by atoms with Gasteiger partial charge in [0.15, 0.2) is 5.82 Å². The van der Waals surface area contributed by atoms with Crippen molar-refractivity contribution in [2.45, 2.75) is 26.8 Å². The number of carbonyl (C=O) groups excluding carboxylic acids is 1. The molecule has 3 rings (SSSR count). The molecule has 0 spiro atoms. The molecule has 0 unspecified atom stereocenters. The van der Waals surface area contributed by atoms with Crippen molar-refractivity contribution in [1.29, 1.82) is 0 Å². The van der Waals surface area contributed by atoms with Crippen molar-refractivity contribution in [3.8, 4) is 0 Å². The summed E-state index contributed by atoms with van der Waals surface area (Å²) in [4.78, 5) is 12.1. The van der Waals surface area contributed by atoms with Crippen LogP contribution in [-0.4, -0.2) is 25.9 Å². The Balaban J connectivity index is 1.64. The largest absolute Gasteiger partial charge is 0.309 e. The molecule has 0 saturated heterocycles. The van der Waals surface area contributed by atoms with E-state index in [1.165, 1.54) is 6.07 Å². The first kappa shape index (κ1) is 15.9. The van der Waals surface area contributed by atoms with Gasteiger partial charge in [-0.1, -0.05) is 18.2 Å². The molecular formula is C17H18FN5O. The number of rotatable bonds is 5. The highest BCUT2D eigenvalue weighted by molar-refractivity contribution is 5.91. The van der Waals surface area contributed by atoms with E-state index in [1.54, 1.807) is 35.1 Å². The van der Waals surface area contributed by atoms with Gasteiger partial charge in [0.05, 0.1) is 18.7 Å². The minimum atomic E-state index is -0.274. The number of aryl methyl sites for hydroxylation is 2. The molecule has 0 fully saturated rings. The summed E-state index contributed by atoms with van der Waals surface area (Å²) in [5.41, 5.74) is 3.13. The summed E-state index contributed by atoms with van der Waals surface area (Å²) in [7, 11) is 0. The zero-order valence-corrected chi connectivity index (χ0v) is 13.5. The van der Waals surface area contributed by atoms with E-state index in [-0.39, 0.29) is 18.1 Å². The lowest BCUT2D eigenvalue weighted by Crippen LogP contribution is -2.16. The summed E-state index contributed by atoms with van der Waals surface area (Å²) >= 11 is 0. The van der Waals surface area contributed by atoms with E-state index in [9.17, 15) is 9.18 Å². The van der Waals surface area contributed by atoms with Crippen LogP contribution in [0.5, 0.6) is 0 Å². The molecule has 0 bridgehead atoms. The zero-order chi connectivity index (χ0) is 17.1. The molecule has 0 aliphatic rings. The molecule has 0 saturated carbocycles. The van der Waals surface area contributed by atoms with Gasteiger partial charge in [0.1, 0.15) is 5.82 Å². The number of hydrogen-bond acceptors (Lipinski definition) is 3. The quantitative estimate of drug-likeness (QED) is 0.756. The van der Waals surface area contributed by atoms with E-state index in [0.29, 0.717) is 17.9 Å². The van der Waals surface area contributed by atoms with Crippen LogP contribution in [0.2, 0.25) is 0 Å². The number of anilines is 1. The minimum absolute atomic E-state index is 0.168. The van der Waals surface area contributed by atoms with E-state index >= 15 is 0 Å². The summed E-state index contributed by atoms with van der Waals surface area (Å²) in [6.07, 6.45) is 1.94. The molecule has 24 heavy (non-hydrogen) atoms. The molecule has 6 nitrogen and oxygen atoms in total. The third kappa shape index (κ3) is 3.51. The van der Waals surface area contributed by atoms with Crippen molar-refractivity contribution in [2.24, 2.45) is 0 Å². The maximum absolute atomic E-state index is 13.7. The molecule has 2 heterocycles. The van der Waals surface area contributed by atoms with Crippen LogP contribution in [0.15, 0.2) is 36.5 Å². The van der Waals surface area contributed by atoms with Crippen LogP contribution in [0.1, 0.15) is 22.5 Å². The second kappa shape index (κ2) is 6.66. The molecule has 2 N–H and O–H groups in total. The Morgan fingerprint density at radius 3 is 2.79 bits per heavy atom. The summed E-state index contributed by atoms with van der Waals surface area (Å²) < 4.78 is 15.2. The van der Waals surface area contributed by atoms with Crippen LogP contribution in [0, 0.1) is 19.7 Å². The first-order valence-corrected chi connectivity index (χ1v) is 7.60. The lowest BCUT2D eigenvalue weighted by Gasteiger charge is -2.04. The predicted octanol–water partition coefficient (Wildman–Crippen LogP) is 2.59. The van der Waals surface area contributed by atoms with Crippen LogP contribution in [0.25, 0.3) is 0 Å². The number of nitrogens with zero attached hydrogens (tertiary/aromatic N) is 3. The highest BCUT2D eigenvalue weighted by atomic mass is 19.1. The second-order valence-corrected chi connectivity index (χ2v) is 5.63. The molecular weight excluding hydrogens is 309 g/mol. The van der Waals surface area contributed by atoms with E-state index in [2.05, 4.69) is 20.6 Å². The average molecular weight is 327 g/mol. The summed E-state index contributed by atoms with van der Waals surface area (Å²) in [5, 5.41) is 13.9. The van der Waals surface area contributed by atoms with Gasteiger partial charge in [-0.25, -0.2) is 4.39 Å². The Morgan fingerprint density at radius 1 is 1.29 bits per heavy atom. The van der Waals surface area contributed by atoms with Gasteiger partial charge in [-0.15, -0.1) is 0 Å². The molecule has 124 valence electrons. The SMILES string of the molecule is Cc1n[nH]c(C)c1CC(=O)Nc1ccn(Cc2ccccc2F)n1. The monoisotopic (exact) mass is 327 g/mol. The summed E-state index contributed by atoms with van der Waals surface area (Å²) in [5.74, 6) is -0.00150. The normalized spacial score (nSPS) is 10.8. The van der Waals surface area contributed by atoms with E-state index in [1.807, 2.05) is 13.8 Å². The molecule has 0 radical (unpaired) electrons. The Bertz CT molecular complexity index is 848. The van der Waals surface area contributed by atoms with Gasteiger partial charge in [-0.2, -0.15) is 10.2 Å². The number of halogens is 1. The zero-order valence-electron chi connectivity index (χ0n) is 13.5. The Kier molecular flexibility index (Phi) is 4.41. The standard InChI is InChI=1S/C17H18FN5O/c1-11-14(12(2)21-20-11)9-17(24)19-16-7-8-23(22-16)10-13-5-3-4-6-15(13)18/h3-8H,9-10H2,1-2H3,(H,20,21)(H,19,22,24). The number of nitrogens with one attached hydrogen (secondary N) is 2. The number of aromatic nitrogens is 4. The van der Waals surface area contributed by atoms with Gasteiger partial charge < -0.3 is 5.32 Å². The molecule has 1 amide bonds. The molecule has 0 aliphatic carbocycles. The van der Waals surface area contributed by atoms with Gasteiger partial charge in [-0.3, -0.25) is 14.6 Å². The van der Waals surface area contributed by atoms with Gasteiger partial charge >= 0.3 is 0 Å². The third-order valence-corrected chi connectivity index (χ3v) is 3.82. The van der Waals surface area contributed by atoms with E-state index in [0.717, 1.165) is 17.0 Å². The Labute approximate surface area is 138 Å². The van der Waals surface area contributed by atoms with Crippen molar-refractivity contribution < 1.29 is 9.18 Å². The third-order valence-electron chi connectivity index (χ3n) is 3.82. The fourth-order valence-electron chi connectivity index (χ4n) is 2.50. The van der Waals surface area contributed by atoms with Crippen LogP contribution in [0.3, 0.4) is 0 Å². The van der Waals surface area contributed by atoms with Crippen LogP contribution < -0.4 is 5.32 Å². The Morgan fingerprint density at radius 2 is 2.08 bits per heavy atom. The van der Waals surface area contributed by atoms with E-state index < -0.39 is 0 Å². The smallest absolute Gasteiger partial charge is 0.230 e. The van der Waals surface area contributed by atoms with Crippen molar-refractivity contribution in [3.05, 3.63) is 64.9 Å². The molecule has 0 aliphatic heterocycles. The number of benzene rings is 1.